The van der Waals surface area contributed by atoms with E-state index in [1.54, 1.807) is 6.07 Å². The molecule has 0 bridgehead atoms. The van der Waals surface area contributed by atoms with Crippen LogP contribution in [0.2, 0.25) is 0 Å². The van der Waals surface area contributed by atoms with Gasteiger partial charge in [0.2, 0.25) is 0 Å². The molecule has 0 amide bonds. The predicted molar refractivity (Wildman–Crippen MR) is 56.0 cm³/mol. The first kappa shape index (κ1) is 11.0. The van der Waals surface area contributed by atoms with E-state index < -0.39 is 11.6 Å². The third kappa shape index (κ3) is 2.21. The summed E-state index contributed by atoms with van der Waals surface area (Å²) in [6.45, 7) is 0. The molecule has 0 aliphatic heterocycles. The van der Waals surface area contributed by atoms with Crippen LogP contribution in [0, 0.1) is 23.0 Å². The predicted octanol–water partition coefficient (Wildman–Crippen LogP) is 2.60. The zero-order chi connectivity index (χ0) is 12.4. The molecule has 1 aromatic heterocycles. The second kappa shape index (κ2) is 4.18. The molecule has 1 aromatic carbocycles. The largest absolute Gasteiger partial charge is 0.505 e. The summed E-state index contributed by atoms with van der Waals surface area (Å²) >= 11 is 0. The van der Waals surface area contributed by atoms with Crippen LogP contribution in [0.1, 0.15) is 5.56 Å². The van der Waals surface area contributed by atoms with Gasteiger partial charge in [0.05, 0.1) is 17.5 Å². The number of hydrogen-bond acceptors (Lipinski definition) is 3. The van der Waals surface area contributed by atoms with Crippen molar-refractivity contribution in [2.24, 2.45) is 0 Å². The van der Waals surface area contributed by atoms with E-state index in [2.05, 4.69) is 4.98 Å². The summed E-state index contributed by atoms with van der Waals surface area (Å²) in [4.78, 5) is 3.80. The van der Waals surface area contributed by atoms with Gasteiger partial charge in [-0.25, -0.2) is 8.78 Å². The third-order valence-corrected chi connectivity index (χ3v) is 2.16. The molecular formula is C12H6F2N2O. The van der Waals surface area contributed by atoms with Crippen molar-refractivity contribution in [1.29, 1.82) is 5.26 Å². The van der Waals surface area contributed by atoms with Crippen LogP contribution in [0.25, 0.3) is 11.3 Å². The molecule has 0 saturated heterocycles. The molecule has 0 unspecified atom stereocenters. The highest BCUT2D eigenvalue weighted by atomic mass is 19.1. The average Bonchev–Trinajstić information content (AvgIpc) is 2.28. The fourth-order valence-corrected chi connectivity index (χ4v) is 1.40. The van der Waals surface area contributed by atoms with E-state index in [0.29, 0.717) is 0 Å². The van der Waals surface area contributed by atoms with Gasteiger partial charge in [-0.15, -0.1) is 0 Å². The van der Waals surface area contributed by atoms with Gasteiger partial charge in [-0.05, 0) is 18.2 Å². The van der Waals surface area contributed by atoms with E-state index in [0.717, 1.165) is 24.4 Å². The second-order valence-corrected chi connectivity index (χ2v) is 3.36. The monoisotopic (exact) mass is 232 g/mol. The molecular weight excluding hydrogens is 226 g/mol. The van der Waals surface area contributed by atoms with Crippen LogP contribution in [0.5, 0.6) is 5.75 Å². The van der Waals surface area contributed by atoms with Crippen LogP contribution in [0.3, 0.4) is 0 Å². The number of aromatic hydroxyl groups is 1. The maximum absolute atomic E-state index is 13.0. The minimum absolute atomic E-state index is 0.000306. The molecule has 0 fully saturated rings. The summed E-state index contributed by atoms with van der Waals surface area (Å²) in [5, 5.41) is 18.0. The highest BCUT2D eigenvalue weighted by molar-refractivity contribution is 5.62. The van der Waals surface area contributed by atoms with Crippen molar-refractivity contribution in [3.05, 3.63) is 47.7 Å². The number of aromatic nitrogens is 1. The van der Waals surface area contributed by atoms with Gasteiger partial charge in [-0.3, -0.25) is 4.98 Å². The molecule has 1 N–H and O–H groups in total. The lowest BCUT2D eigenvalue weighted by Gasteiger charge is -2.03. The van der Waals surface area contributed by atoms with Crippen LogP contribution in [-0.4, -0.2) is 10.1 Å². The van der Waals surface area contributed by atoms with E-state index in [1.807, 2.05) is 0 Å². The van der Waals surface area contributed by atoms with Crippen molar-refractivity contribution in [3.63, 3.8) is 0 Å². The molecule has 84 valence electrons. The number of nitriles is 1. The molecule has 3 nitrogen and oxygen atoms in total. The molecule has 0 saturated carbocycles. The molecule has 0 atom stereocenters. The molecule has 2 aromatic rings. The maximum atomic E-state index is 13.0. The number of pyridine rings is 1. The van der Waals surface area contributed by atoms with Gasteiger partial charge in [0.1, 0.15) is 17.7 Å². The summed E-state index contributed by atoms with van der Waals surface area (Å²) in [5.41, 5.74) is 0.427. The Morgan fingerprint density at radius 3 is 2.35 bits per heavy atom. The van der Waals surface area contributed by atoms with Crippen LogP contribution in [-0.2, 0) is 0 Å². The first-order valence-corrected chi connectivity index (χ1v) is 4.66. The Balaban J connectivity index is 2.57. The molecule has 17 heavy (non-hydrogen) atoms. The van der Waals surface area contributed by atoms with Crippen molar-refractivity contribution in [2.45, 2.75) is 0 Å². The smallest absolute Gasteiger partial charge is 0.151 e. The van der Waals surface area contributed by atoms with Gasteiger partial charge >= 0.3 is 0 Å². The summed E-state index contributed by atoms with van der Waals surface area (Å²) < 4.78 is 26.0. The van der Waals surface area contributed by atoms with Gasteiger partial charge in [0.25, 0.3) is 0 Å². The van der Waals surface area contributed by atoms with Crippen LogP contribution < -0.4 is 0 Å². The van der Waals surface area contributed by atoms with Crippen molar-refractivity contribution in [2.75, 3.05) is 0 Å². The average molecular weight is 232 g/mol. The fraction of sp³-hybridized carbons (Fsp3) is 0. The zero-order valence-electron chi connectivity index (χ0n) is 8.48. The number of nitrogens with zero attached hydrogens (tertiary/aromatic N) is 2. The molecule has 0 radical (unpaired) electrons. The Kier molecular flexibility index (Phi) is 2.71. The summed E-state index contributed by atoms with van der Waals surface area (Å²) in [5.74, 6) is -1.73. The lowest BCUT2D eigenvalue weighted by molar-refractivity contribution is 0.471. The van der Waals surface area contributed by atoms with Gasteiger partial charge in [-0.1, -0.05) is 0 Å². The van der Waals surface area contributed by atoms with E-state index in [4.69, 9.17) is 5.26 Å². The van der Waals surface area contributed by atoms with E-state index >= 15 is 0 Å². The Morgan fingerprint density at radius 1 is 1.12 bits per heavy atom. The summed E-state index contributed by atoms with van der Waals surface area (Å²) in [6, 6.07) is 5.97. The second-order valence-electron chi connectivity index (χ2n) is 3.36. The van der Waals surface area contributed by atoms with Crippen molar-refractivity contribution in [3.8, 4) is 23.1 Å². The lowest BCUT2D eigenvalue weighted by Crippen LogP contribution is -1.89. The molecule has 2 rings (SSSR count). The first-order valence-electron chi connectivity index (χ1n) is 4.66. The number of benzene rings is 1. The van der Waals surface area contributed by atoms with Crippen molar-refractivity contribution in [1.82, 2.24) is 4.98 Å². The van der Waals surface area contributed by atoms with E-state index in [9.17, 15) is 13.9 Å². The molecule has 1 heterocycles. The Bertz CT molecular complexity index is 600. The highest BCUT2D eigenvalue weighted by Gasteiger charge is 2.08. The zero-order valence-corrected chi connectivity index (χ0v) is 8.48. The number of hydrogen-bond donors (Lipinski definition) is 1. The van der Waals surface area contributed by atoms with E-state index in [-0.39, 0.29) is 22.6 Å². The van der Waals surface area contributed by atoms with Crippen molar-refractivity contribution < 1.29 is 13.9 Å². The normalized spacial score (nSPS) is 9.94. The molecule has 0 aliphatic carbocycles. The third-order valence-electron chi connectivity index (χ3n) is 2.16. The minimum atomic E-state index is -0.728. The fourth-order valence-electron chi connectivity index (χ4n) is 1.40. The Hall–Kier alpha value is -2.48. The number of rotatable bonds is 1. The highest BCUT2D eigenvalue weighted by Crippen LogP contribution is 2.24. The Labute approximate surface area is 95.6 Å². The SMILES string of the molecule is N#Cc1cc(-c2cc(F)cc(F)c2)ncc1O. The first-order chi connectivity index (χ1) is 8.10. The molecule has 0 spiro atoms. The van der Waals surface area contributed by atoms with Crippen LogP contribution in [0.4, 0.5) is 8.78 Å². The lowest BCUT2D eigenvalue weighted by atomic mass is 10.1. The summed E-state index contributed by atoms with van der Waals surface area (Å²) in [6.07, 6.45) is 1.07. The molecule has 0 aliphatic rings. The maximum Gasteiger partial charge on any atom is 0.151 e. The van der Waals surface area contributed by atoms with Crippen LogP contribution >= 0.6 is 0 Å². The standard InChI is InChI=1S/C12H6F2N2O/c13-9-1-7(2-10(14)4-9)11-3-8(5-15)12(17)6-16-11/h1-4,6,17H. The van der Waals surface area contributed by atoms with Gasteiger partial charge in [0, 0.05) is 11.6 Å². The van der Waals surface area contributed by atoms with Crippen molar-refractivity contribution >= 4 is 0 Å². The minimum Gasteiger partial charge on any atom is -0.505 e. The van der Waals surface area contributed by atoms with Crippen LogP contribution in [0.15, 0.2) is 30.5 Å². The Morgan fingerprint density at radius 2 is 1.76 bits per heavy atom. The van der Waals surface area contributed by atoms with E-state index in [1.165, 1.54) is 6.07 Å². The van der Waals surface area contributed by atoms with Gasteiger partial charge < -0.3 is 5.11 Å². The van der Waals surface area contributed by atoms with Gasteiger partial charge in [-0.2, -0.15) is 5.26 Å². The topological polar surface area (TPSA) is 56.9 Å². The quantitative estimate of drug-likeness (QED) is 0.822. The van der Waals surface area contributed by atoms with Gasteiger partial charge in [0.15, 0.2) is 5.75 Å². The summed E-state index contributed by atoms with van der Waals surface area (Å²) in [7, 11) is 0. The number of halogens is 2. The molecule has 5 heteroatoms.